The Hall–Kier alpha value is -0.930. The Labute approximate surface area is 56.8 Å². The maximum atomic E-state index is 11.5. The molecule has 0 saturated carbocycles. The minimum Gasteiger partial charge on any atom is -0.458 e. The third-order valence-corrected chi connectivity index (χ3v) is 0.614. The van der Waals surface area contributed by atoms with Crippen molar-refractivity contribution in [3.63, 3.8) is 0 Å². The van der Waals surface area contributed by atoms with Gasteiger partial charge in [0.1, 0.15) is 0 Å². The Morgan fingerprint density at radius 2 is 1.70 bits per heavy atom. The summed E-state index contributed by atoms with van der Waals surface area (Å²) in [5.41, 5.74) is 0. The third kappa shape index (κ3) is 3.17. The van der Waals surface area contributed by atoms with E-state index in [1.54, 1.807) is 0 Å². The van der Waals surface area contributed by atoms with Gasteiger partial charge in [0.15, 0.2) is 0 Å². The Bertz CT molecular complexity index is 157. The summed E-state index contributed by atoms with van der Waals surface area (Å²) in [7, 11) is 0. The van der Waals surface area contributed by atoms with Crippen molar-refractivity contribution in [1.29, 1.82) is 0 Å². The summed E-state index contributed by atoms with van der Waals surface area (Å²) in [6.07, 6.45) is -4.49. The highest BCUT2D eigenvalue weighted by molar-refractivity contribution is 4.96. The standard InChI is InChI=1S/C6H7F3O/c1-4(2)10-5(3)6(7,8)9/h1,3H2,2H3. The molecule has 0 saturated heterocycles. The Morgan fingerprint density at radius 1 is 1.30 bits per heavy atom. The van der Waals surface area contributed by atoms with Crippen molar-refractivity contribution in [2.75, 3.05) is 0 Å². The molecular weight excluding hydrogens is 145 g/mol. The summed E-state index contributed by atoms with van der Waals surface area (Å²) in [6, 6.07) is 0. The molecule has 0 aromatic rings. The molecule has 0 aromatic carbocycles. The molecule has 0 amide bonds. The summed E-state index contributed by atoms with van der Waals surface area (Å²) in [4.78, 5) is 0. The van der Waals surface area contributed by atoms with Gasteiger partial charge in [0, 0.05) is 0 Å². The average Bonchev–Trinajstić information content (AvgIpc) is 1.60. The molecule has 0 fully saturated rings. The smallest absolute Gasteiger partial charge is 0.448 e. The second kappa shape index (κ2) is 2.77. The van der Waals surface area contributed by atoms with Crippen molar-refractivity contribution >= 4 is 0 Å². The lowest BCUT2D eigenvalue weighted by Crippen LogP contribution is -2.12. The normalized spacial score (nSPS) is 10.8. The van der Waals surface area contributed by atoms with Gasteiger partial charge >= 0.3 is 6.18 Å². The van der Waals surface area contributed by atoms with E-state index in [-0.39, 0.29) is 5.76 Å². The molecule has 0 rings (SSSR count). The van der Waals surface area contributed by atoms with Crippen LogP contribution in [0.25, 0.3) is 0 Å². The predicted molar refractivity (Wildman–Crippen MR) is 31.1 cm³/mol. The van der Waals surface area contributed by atoms with Crippen LogP contribution in [-0.2, 0) is 4.74 Å². The van der Waals surface area contributed by atoms with E-state index in [4.69, 9.17) is 0 Å². The van der Waals surface area contributed by atoms with E-state index >= 15 is 0 Å². The van der Waals surface area contributed by atoms with Crippen LogP contribution in [0.4, 0.5) is 13.2 Å². The Morgan fingerprint density at radius 3 is 1.80 bits per heavy atom. The van der Waals surface area contributed by atoms with Crippen LogP contribution >= 0.6 is 0 Å². The van der Waals surface area contributed by atoms with Crippen LogP contribution in [0.3, 0.4) is 0 Å². The van der Waals surface area contributed by atoms with E-state index in [1.807, 2.05) is 0 Å². The molecule has 0 radical (unpaired) electrons. The second-order valence-corrected chi connectivity index (χ2v) is 1.73. The van der Waals surface area contributed by atoms with Crippen LogP contribution in [0.5, 0.6) is 0 Å². The Balaban J connectivity index is 3.99. The molecule has 58 valence electrons. The van der Waals surface area contributed by atoms with Crippen LogP contribution in [-0.4, -0.2) is 6.18 Å². The quantitative estimate of drug-likeness (QED) is 0.552. The van der Waals surface area contributed by atoms with E-state index in [2.05, 4.69) is 17.9 Å². The van der Waals surface area contributed by atoms with E-state index in [0.717, 1.165) is 0 Å². The zero-order chi connectivity index (χ0) is 8.36. The summed E-state index contributed by atoms with van der Waals surface area (Å²) in [5.74, 6) is -1.26. The van der Waals surface area contributed by atoms with Gasteiger partial charge in [0.2, 0.25) is 5.76 Å². The molecule has 0 unspecified atom stereocenters. The zero-order valence-corrected chi connectivity index (χ0v) is 5.46. The van der Waals surface area contributed by atoms with Gasteiger partial charge < -0.3 is 4.74 Å². The molecule has 0 spiro atoms. The van der Waals surface area contributed by atoms with Crippen molar-refractivity contribution in [2.45, 2.75) is 13.1 Å². The highest BCUT2D eigenvalue weighted by Crippen LogP contribution is 2.25. The topological polar surface area (TPSA) is 9.23 Å². The number of ether oxygens (including phenoxy) is 1. The van der Waals surface area contributed by atoms with Crippen LogP contribution in [0.1, 0.15) is 6.92 Å². The lowest BCUT2D eigenvalue weighted by Gasteiger charge is -2.10. The number of alkyl halides is 3. The number of halogens is 3. The zero-order valence-electron chi connectivity index (χ0n) is 5.46. The van der Waals surface area contributed by atoms with Crippen LogP contribution in [0.2, 0.25) is 0 Å². The first kappa shape index (κ1) is 9.07. The van der Waals surface area contributed by atoms with Crippen molar-refractivity contribution in [3.8, 4) is 0 Å². The van der Waals surface area contributed by atoms with Crippen LogP contribution in [0, 0.1) is 0 Å². The molecular formula is C6H7F3O. The van der Waals surface area contributed by atoms with Gasteiger partial charge in [-0.05, 0) is 6.92 Å². The highest BCUT2D eigenvalue weighted by Gasteiger charge is 2.34. The highest BCUT2D eigenvalue weighted by atomic mass is 19.4. The summed E-state index contributed by atoms with van der Waals surface area (Å²) in [6.45, 7) is 7.10. The largest absolute Gasteiger partial charge is 0.458 e. The van der Waals surface area contributed by atoms with Gasteiger partial charge in [-0.25, -0.2) is 0 Å². The van der Waals surface area contributed by atoms with Gasteiger partial charge in [-0.15, -0.1) is 0 Å². The number of allylic oxidation sites excluding steroid dienone is 2. The molecule has 1 nitrogen and oxygen atoms in total. The van der Waals surface area contributed by atoms with E-state index in [9.17, 15) is 13.2 Å². The SMILES string of the molecule is C=C(C)OC(=C)C(F)(F)F. The summed E-state index contributed by atoms with van der Waals surface area (Å²) >= 11 is 0. The molecule has 0 bridgehead atoms. The maximum Gasteiger partial charge on any atom is 0.448 e. The fraction of sp³-hybridized carbons (Fsp3) is 0.333. The fourth-order valence-electron chi connectivity index (χ4n) is 0.268. The molecule has 0 aromatic heterocycles. The monoisotopic (exact) mass is 152 g/mol. The fourth-order valence-corrected chi connectivity index (χ4v) is 0.268. The number of hydrogen-bond acceptors (Lipinski definition) is 1. The van der Waals surface area contributed by atoms with Crippen LogP contribution in [0.15, 0.2) is 24.7 Å². The van der Waals surface area contributed by atoms with Crippen molar-refractivity contribution in [3.05, 3.63) is 24.7 Å². The second-order valence-electron chi connectivity index (χ2n) is 1.73. The summed E-state index contributed by atoms with van der Waals surface area (Å²) in [5, 5.41) is 0. The lowest BCUT2D eigenvalue weighted by atomic mass is 10.5. The minimum absolute atomic E-state index is 0.0256. The molecule has 0 aliphatic heterocycles. The van der Waals surface area contributed by atoms with E-state index in [0.29, 0.717) is 0 Å². The van der Waals surface area contributed by atoms with Gasteiger partial charge in [-0.1, -0.05) is 13.2 Å². The first-order valence-electron chi connectivity index (χ1n) is 2.43. The summed E-state index contributed by atoms with van der Waals surface area (Å²) < 4.78 is 38.7. The molecule has 10 heavy (non-hydrogen) atoms. The van der Waals surface area contributed by atoms with Crippen LogP contribution < -0.4 is 0 Å². The lowest BCUT2D eigenvalue weighted by molar-refractivity contribution is -0.123. The Kier molecular flexibility index (Phi) is 2.51. The maximum absolute atomic E-state index is 11.5. The van der Waals surface area contributed by atoms with Crippen molar-refractivity contribution in [2.24, 2.45) is 0 Å². The number of hydrogen-bond donors (Lipinski definition) is 0. The van der Waals surface area contributed by atoms with Gasteiger partial charge in [0.25, 0.3) is 0 Å². The molecule has 0 aliphatic rings. The predicted octanol–water partition coefficient (Wildman–Crippen LogP) is 2.61. The van der Waals surface area contributed by atoms with Gasteiger partial charge in [-0.2, -0.15) is 13.2 Å². The third-order valence-electron chi connectivity index (χ3n) is 0.614. The molecule has 0 N–H and O–H groups in total. The first-order valence-corrected chi connectivity index (χ1v) is 2.43. The molecule has 4 heteroatoms. The van der Waals surface area contributed by atoms with Crippen molar-refractivity contribution < 1.29 is 17.9 Å². The molecule has 0 aliphatic carbocycles. The first-order chi connectivity index (χ1) is 4.34. The molecule has 0 heterocycles. The van der Waals surface area contributed by atoms with E-state index in [1.165, 1.54) is 6.92 Å². The van der Waals surface area contributed by atoms with E-state index < -0.39 is 11.9 Å². The van der Waals surface area contributed by atoms with Gasteiger partial charge in [-0.3, -0.25) is 0 Å². The average molecular weight is 152 g/mol. The molecule has 0 atom stereocenters. The number of rotatable bonds is 2. The minimum atomic E-state index is -4.49. The van der Waals surface area contributed by atoms with Crippen molar-refractivity contribution in [1.82, 2.24) is 0 Å². The van der Waals surface area contributed by atoms with Gasteiger partial charge in [0.05, 0.1) is 5.76 Å².